The summed E-state index contributed by atoms with van der Waals surface area (Å²) in [4.78, 5) is 4.26. The minimum atomic E-state index is 0.245. The number of hydrogen-bond acceptors (Lipinski definition) is 5. The molecule has 1 aromatic heterocycles. The molecule has 0 aromatic carbocycles. The van der Waals surface area contributed by atoms with Crippen LogP contribution in [0.15, 0.2) is 4.34 Å². The molecule has 0 aliphatic heterocycles. The Morgan fingerprint density at radius 2 is 2.23 bits per heavy atom. The van der Waals surface area contributed by atoms with Gasteiger partial charge in [-0.3, -0.25) is 0 Å². The van der Waals surface area contributed by atoms with Crippen LogP contribution < -0.4 is 5.73 Å². The molecule has 3 nitrogen and oxygen atoms in total. The third-order valence-corrected chi connectivity index (χ3v) is 3.83. The number of nitrogens with zero attached hydrogens (tertiary/aromatic N) is 2. The lowest BCUT2D eigenvalue weighted by Gasteiger charge is -2.13. The molecule has 1 rings (SSSR count). The highest BCUT2D eigenvalue weighted by atomic mass is 32.2. The Morgan fingerprint density at radius 3 is 2.69 bits per heavy atom. The molecule has 13 heavy (non-hydrogen) atoms. The second-order valence-electron chi connectivity index (χ2n) is 3.33. The molecule has 0 saturated heterocycles. The first-order valence-electron chi connectivity index (χ1n) is 4.28. The first kappa shape index (κ1) is 10.9. The highest BCUT2D eigenvalue weighted by molar-refractivity contribution is 8.00. The maximum absolute atomic E-state index is 5.91. The molecule has 0 saturated carbocycles. The maximum atomic E-state index is 5.91. The molecular formula is C8H15N3S2. The lowest BCUT2D eigenvalue weighted by molar-refractivity contribution is 0.535. The number of rotatable bonds is 4. The van der Waals surface area contributed by atoms with Crippen LogP contribution in [0.3, 0.4) is 0 Å². The SMILES string of the molecule is Cc1nsc(SCC(N)C(C)C)n1. The second-order valence-corrected chi connectivity index (χ2v) is 5.35. The minimum Gasteiger partial charge on any atom is -0.327 e. The third-order valence-electron chi connectivity index (χ3n) is 1.76. The monoisotopic (exact) mass is 217 g/mol. The minimum absolute atomic E-state index is 0.245. The van der Waals surface area contributed by atoms with Crippen molar-refractivity contribution in [1.29, 1.82) is 0 Å². The van der Waals surface area contributed by atoms with E-state index in [9.17, 15) is 0 Å². The van der Waals surface area contributed by atoms with E-state index in [0.29, 0.717) is 5.92 Å². The van der Waals surface area contributed by atoms with Gasteiger partial charge in [0.1, 0.15) is 5.82 Å². The van der Waals surface area contributed by atoms with Gasteiger partial charge < -0.3 is 5.73 Å². The molecule has 1 atom stereocenters. The molecule has 0 fully saturated rings. The quantitative estimate of drug-likeness (QED) is 0.783. The molecular weight excluding hydrogens is 202 g/mol. The Balaban J connectivity index is 2.35. The van der Waals surface area contributed by atoms with Gasteiger partial charge in [0, 0.05) is 11.8 Å². The van der Waals surface area contributed by atoms with E-state index in [-0.39, 0.29) is 6.04 Å². The Hall–Kier alpha value is -0.130. The number of thioether (sulfide) groups is 1. The third kappa shape index (κ3) is 3.62. The summed E-state index contributed by atoms with van der Waals surface area (Å²) in [5.74, 6) is 2.30. The summed E-state index contributed by atoms with van der Waals surface area (Å²) in [6, 6.07) is 0.245. The zero-order valence-electron chi connectivity index (χ0n) is 8.15. The highest BCUT2D eigenvalue weighted by Gasteiger charge is 2.09. The highest BCUT2D eigenvalue weighted by Crippen LogP contribution is 2.21. The van der Waals surface area contributed by atoms with Gasteiger partial charge in [0.2, 0.25) is 0 Å². The van der Waals surface area contributed by atoms with Crippen molar-refractivity contribution < 1.29 is 0 Å². The summed E-state index contributed by atoms with van der Waals surface area (Å²) in [6.45, 7) is 6.18. The predicted octanol–water partition coefficient (Wildman–Crippen LogP) is 1.92. The van der Waals surface area contributed by atoms with Crippen molar-refractivity contribution in [3.63, 3.8) is 0 Å². The van der Waals surface area contributed by atoms with Crippen LogP contribution in [0.25, 0.3) is 0 Å². The summed E-state index contributed by atoms with van der Waals surface area (Å²) in [6.07, 6.45) is 0. The van der Waals surface area contributed by atoms with Crippen LogP contribution in [0.1, 0.15) is 19.7 Å². The molecule has 1 aromatic rings. The molecule has 0 aliphatic rings. The fourth-order valence-electron chi connectivity index (χ4n) is 0.697. The molecule has 0 bridgehead atoms. The summed E-state index contributed by atoms with van der Waals surface area (Å²) >= 11 is 3.15. The van der Waals surface area contributed by atoms with Crippen LogP contribution in [0.2, 0.25) is 0 Å². The number of aromatic nitrogens is 2. The first-order valence-corrected chi connectivity index (χ1v) is 6.04. The lowest BCUT2D eigenvalue weighted by atomic mass is 10.1. The molecule has 0 amide bonds. The molecule has 0 spiro atoms. The second kappa shape index (κ2) is 4.93. The zero-order valence-corrected chi connectivity index (χ0v) is 9.78. The normalized spacial score (nSPS) is 13.6. The van der Waals surface area contributed by atoms with E-state index in [1.165, 1.54) is 11.5 Å². The maximum Gasteiger partial charge on any atom is 0.170 e. The van der Waals surface area contributed by atoms with E-state index in [4.69, 9.17) is 5.73 Å². The van der Waals surface area contributed by atoms with E-state index in [1.54, 1.807) is 11.8 Å². The van der Waals surface area contributed by atoms with Crippen LogP contribution in [-0.4, -0.2) is 21.2 Å². The van der Waals surface area contributed by atoms with Gasteiger partial charge >= 0.3 is 0 Å². The largest absolute Gasteiger partial charge is 0.327 e. The summed E-state index contributed by atoms with van der Waals surface area (Å²) in [5.41, 5.74) is 5.91. The average molecular weight is 217 g/mol. The molecule has 0 radical (unpaired) electrons. The summed E-state index contributed by atoms with van der Waals surface area (Å²) in [5, 5.41) is 0. The standard InChI is InChI=1S/C8H15N3S2/c1-5(2)7(9)4-12-8-10-6(3)11-13-8/h5,7H,4,9H2,1-3H3. The Morgan fingerprint density at radius 1 is 1.54 bits per heavy atom. The van der Waals surface area contributed by atoms with Crippen molar-refractivity contribution in [3.05, 3.63) is 5.82 Å². The van der Waals surface area contributed by atoms with Crippen LogP contribution in [0.5, 0.6) is 0 Å². The Labute approximate surface area is 87.3 Å². The molecule has 0 aliphatic carbocycles. The number of hydrogen-bond donors (Lipinski definition) is 1. The molecule has 74 valence electrons. The Kier molecular flexibility index (Phi) is 4.15. The van der Waals surface area contributed by atoms with Crippen molar-refractivity contribution in [1.82, 2.24) is 9.36 Å². The van der Waals surface area contributed by atoms with Crippen molar-refractivity contribution in [3.8, 4) is 0 Å². The van der Waals surface area contributed by atoms with Crippen molar-refractivity contribution in [2.24, 2.45) is 11.7 Å². The number of aryl methyl sites for hydroxylation is 1. The van der Waals surface area contributed by atoms with Gasteiger partial charge in [-0.25, -0.2) is 4.98 Å². The first-order chi connectivity index (χ1) is 6.09. The van der Waals surface area contributed by atoms with Gasteiger partial charge in [0.25, 0.3) is 0 Å². The average Bonchev–Trinajstić information content (AvgIpc) is 2.47. The van der Waals surface area contributed by atoms with E-state index in [0.717, 1.165) is 15.9 Å². The fourth-order valence-corrected chi connectivity index (χ4v) is 2.56. The number of nitrogens with two attached hydrogens (primary N) is 1. The van der Waals surface area contributed by atoms with Crippen LogP contribution in [0, 0.1) is 12.8 Å². The van der Waals surface area contributed by atoms with Crippen molar-refractivity contribution in [2.45, 2.75) is 31.2 Å². The van der Waals surface area contributed by atoms with Gasteiger partial charge in [-0.2, -0.15) is 4.37 Å². The molecule has 5 heteroatoms. The predicted molar refractivity (Wildman–Crippen MR) is 58.2 cm³/mol. The zero-order chi connectivity index (χ0) is 9.84. The smallest absolute Gasteiger partial charge is 0.170 e. The topological polar surface area (TPSA) is 51.8 Å². The van der Waals surface area contributed by atoms with Crippen molar-refractivity contribution in [2.75, 3.05) is 5.75 Å². The van der Waals surface area contributed by atoms with Crippen LogP contribution in [0.4, 0.5) is 0 Å². The molecule has 1 heterocycles. The van der Waals surface area contributed by atoms with E-state index in [1.807, 2.05) is 6.92 Å². The van der Waals surface area contributed by atoms with Crippen molar-refractivity contribution >= 4 is 23.3 Å². The van der Waals surface area contributed by atoms with E-state index >= 15 is 0 Å². The van der Waals surface area contributed by atoms with Crippen LogP contribution >= 0.6 is 23.3 Å². The molecule has 2 N–H and O–H groups in total. The van der Waals surface area contributed by atoms with Gasteiger partial charge in [0.05, 0.1) is 0 Å². The summed E-state index contributed by atoms with van der Waals surface area (Å²) in [7, 11) is 0. The summed E-state index contributed by atoms with van der Waals surface area (Å²) < 4.78 is 5.13. The van der Waals surface area contributed by atoms with E-state index in [2.05, 4.69) is 23.2 Å². The van der Waals surface area contributed by atoms with Gasteiger partial charge in [-0.05, 0) is 24.4 Å². The molecule has 1 unspecified atom stereocenters. The van der Waals surface area contributed by atoms with Gasteiger partial charge in [-0.1, -0.05) is 25.6 Å². The van der Waals surface area contributed by atoms with Crippen LogP contribution in [-0.2, 0) is 0 Å². The fraction of sp³-hybridized carbons (Fsp3) is 0.750. The lowest BCUT2D eigenvalue weighted by Crippen LogP contribution is -2.28. The van der Waals surface area contributed by atoms with E-state index < -0.39 is 0 Å². The van der Waals surface area contributed by atoms with Gasteiger partial charge in [-0.15, -0.1) is 0 Å². The van der Waals surface area contributed by atoms with Gasteiger partial charge in [0.15, 0.2) is 4.34 Å². The Bertz CT molecular complexity index is 260.